The molecule has 1 heterocycles. The molecule has 1 aromatic rings. The second kappa shape index (κ2) is 7.44. The minimum Gasteiger partial charge on any atom is -0.493 e. The molecule has 1 fully saturated rings. The van der Waals surface area contributed by atoms with Gasteiger partial charge >= 0.3 is 0 Å². The molecule has 0 bridgehead atoms. The zero-order chi connectivity index (χ0) is 14.4. The minimum atomic E-state index is 0.0926. The average molecular weight is 275 g/mol. The summed E-state index contributed by atoms with van der Waals surface area (Å²) in [5.74, 6) is 1.47. The molecular formula is C17H25NO2. The number of benzene rings is 1. The number of piperidine rings is 1. The first-order valence-corrected chi connectivity index (χ1v) is 7.61. The normalized spacial score (nSPS) is 17.7. The summed E-state index contributed by atoms with van der Waals surface area (Å²) in [5.41, 5.74) is 0.735. The highest BCUT2D eigenvalue weighted by atomic mass is 16.5. The molecule has 0 radical (unpaired) electrons. The molecule has 1 aromatic carbocycles. The van der Waals surface area contributed by atoms with Gasteiger partial charge in [0, 0.05) is 18.0 Å². The fourth-order valence-corrected chi connectivity index (χ4v) is 2.66. The van der Waals surface area contributed by atoms with Gasteiger partial charge in [-0.25, -0.2) is 0 Å². The van der Waals surface area contributed by atoms with Crippen LogP contribution in [0.2, 0.25) is 0 Å². The molecule has 3 heteroatoms. The first kappa shape index (κ1) is 15.0. The number of ketones is 1. The van der Waals surface area contributed by atoms with Gasteiger partial charge in [-0.05, 0) is 57.1 Å². The van der Waals surface area contributed by atoms with Gasteiger partial charge in [-0.15, -0.1) is 0 Å². The second-order valence-electron chi connectivity index (χ2n) is 5.86. The SMILES string of the molecule is CC(=O)c1ccc(OCC(C)CN2CCCCC2)cc1. The van der Waals surface area contributed by atoms with Crippen LogP contribution in [0.1, 0.15) is 43.5 Å². The van der Waals surface area contributed by atoms with Gasteiger partial charge in [0.1, 0.15) is 5.75 Å². The van der Waals surface area contributed by atoms with E-state index in [1.54, 1.807) is 6.92 Å². The molecule has 0 saturated carbocycles. The molecule has 2 rings (SSSR count). The van der Waals surface area contributed by atoms with Gasteiger partial charge in [0.25, 0.3) is 0 Å². The molecule has 0 amide bonds. The Morgan fingerprint density at radius 2 is 1.85 bits per heavy atom. The van der Waals surface area contributed by atoms with Crippen molar-refractivity contribution in [2.45, 2.75) is 33.1 Å². The van der Waals surface area contributed by atoms with E-state index in [-0.39, 0.29) is 5.78 Å². The molecule has 0 N–H and O–H groups in total. The summed E-state index contributed by atoms with van der Waals surface area (Å²) in [7, 11) is 0. The van der Waals surface area contributed by atoms with Crippen molar-refractivity contribution in [2.75, 3.05) is 26.2 Å². The van der Waals surface area contributed by atoms with Crippen LogP contribution in [-0.4, -0.2) is 36.9 Å². The Labute approximate surface area is 121 Å². The number of carbonyl (C=O) groups excluding carboxylic acids is 1. The van der Waals surface area contributed by atoms with E-state index in [1.807, 2.05) is 24.3 Å². The molecule has 20 heavy (non-hydrogen) atoms. The topological polar surface area (TPSA) is 29.5 Å². The molecule has 1 unspecified atom stereocenters. The maximum atomic E-state index is 11.2. The van der Waals surface area contributed by atoms with Crippen molar-refractivity contribution in [3.05, 3.63) is 29.8 Å². The Morgan fingerprint density at radius 3 is 2.45 bits per heavy atom. The van der Waals surface area contributed by atoms with E-state index in [0.717, 1.165) is 24.5 Å². The fraction of sp³-hybridized carbons (Fsp3) is 0.588. The summed E-state index contributed by atoms with van der Waals surface area (Å²) >= 11 is 0. The number of ether oxygens (including phenoxy) is 1. The van der Waals surface area contributed by atoms with Gasteiger partial charge in [-0.3, -0.25) is 4.79 Å². The molecule has 1 aliphatic rings. The zero-order valence-electron chi connectivity index (χ0n) is 12.6. The van der Waals surface area contributed by atoms with Crippen LogP contribution in [0.4, 0.5) is 0 Å². The molecule has 3 nitrogen and oxygen atoms in total. The van der Waals surface area contributed by atoms with Gasteiger partial charge in [0.05, 0.1) is 6.61 Å². The van der Waals surface area contributed by atoms with Crippen LogP contribution in [-0.2, 0) is 0 Å². The Kier molecular flexibility index (Phi) is 5.60. The highest BCUT2D eigenvalue weighted by Crippen LogP contribution is 2.15. The summed E-state index contributed by atoms with van der Waals surface area (Å²) in [5, 5.41) is 0. The van der Waals surface area contributed by atoms with E-state index in [9.17, 15) is 4.79 Å². The van der Waals surface area contributed by atoms with Gasteiger partial charge < -0.3 is 9.64 Å². The average Bonchev–Trinajstić information content (AvgIpc) is 2.46. The highest BCUT2D eigenvalue weighted by molar-refractivity contribution is 5.94. The molecule has 110 valence electrons. The number of rotatable bonds is 6. The molecule has 1 aliphatic heterocycles. The van der Waals surface area contributed by atoms with Crippen LogP contribution < -0.4 is 4.74 Å². The third kappa shape index (κ3) is 4.64. The van der Waals surface area contributed by atoms with Crippen molar-refractivity contribution in [2.24, 2.45) is 5.92 Å². The molecular weight excluding hydrogens is 250 g/mol. The summed E-state index contributed by atoms with van der Waals surface area (Å²) < 4.78 is 5.81. The predicted molar refractivity (Wildman–Crippen MR) is 81.4 cm³/mol. The van der Waals surface area contributed by atoms with Crippen molar-refractivity contribution < 1.29 is 9.53 Å². The monoisotopic (exact) mass is 275 g/mol. The number of nitrogens with zero attached hydrogens (tertiary/aromatic N) is 1. The Morgan fingerprint density at radius 1 is 1.20 bits per heavy atom. The first-order chi connectivity index (χ1) is 9.65. The van der Waals surface area contributed by atoms with E-state index < -0.39 is 0 Å². The molecule has 0 spiro atoms. The van der Waals surface area contributed by atoms with Gasteiger partial charge in [-0.1, -0.05) is 13.3 Å². The smallest absolute Gasteiger partial charge is 0.159 e. The molecule has 1 atom stereocenters. The van der Waals surface area contributed by atoms with Gasteiger partial charge in [0.2, 0.25) is 0 Å². The number of hydrogen-bond donors (Lipinski definition) is 0. The first-order valence-electron chi connectivity index (χ1n) is 7.61. The molecule has 0 aromatic heterocycles. The lowest BCUT2D eigenvalue weighted by Gasteiger charge is -2.29. The van der Waals surface area contributed by atoms with E-state index in [2.05, 4.69) is 11.8 Å². The highest BCUT2D eigenvalue weighted by Gasteiger charge is 2.13. The van der Waals surface area contributed by atoms with Gasteiger partial charge in [0.15, 0.2) is 5.78 Å². The molecule has 0 aliphatic carbocycles. The standard InChI is InChI=1S/C17H25NO2/c1-14(12-18-10-4-3-5-11-18)13-20-17-8-6-16(7-9-17)15(2)19/h6-9,14H,3-5,10-13H2,1-2H3. The van der Waals surface area contributed by atoms with Crippen LogP contribution in [0.25, 0.3) is 0 Å². The van der Waals surface area contributed by atoms with Crippen molar-refractivity contribution >= 4 is 5.78 Å². The number of carbonyl (C=O) groups is 1. The lowest BCUT2D eigenvalue weighted by Crippen LogP contribution is -2.35. The fourth-order valence-electron chi connectivity index (χ4n) is 2.66. The lowest BCUT2D eigenvalue weighted by atomic mass is 10.1. The second-order valence-corrected chi connectivity index (χ2v) is 5.86. The minimum absolute atomic E-state index is 0.0926. The van der Waals surface area contributed by atoms with Crippen molar-refractivity contribution in [1.29, 1.82) is 0 Å². The quantitative estimate of drug-likeness (QED) is 0.745. The number of likely N-dealkylation sites (tertiary alicyclic amines) is 1. The summed E-state index contributed by atoms with van der Waals surface area (Å²) in [4.78, 5) is 13.7. The van der Waals surface area contributed by atoms with E-state index in [0.29, 0.717) is 5.92 Å². The van der Waals surface area contributed by atoms with E-state index in [4.69, 9.17) is 4.74 Å². The van der Waals surface area contributed by atoms with Crippen molar-refractivity contribution in [1.82, 2.24) is 4.90 Å². The zero-order valence-corrected chi connectivity index (χ0v) is 12.6. The largest absolute Gasteiger partial charge is 0.493 e. The maximum absolute atomic E-state index is 11.2. The van der Waals surface area contributed by atoms with Gasteiger partial charge in [-0.2, -0.15) is 0 Å². The Balaban J connectivity index is 1.74. The van der Waals surface area contributed by atoms with Crippen LogP contribution in [0, 0.1) is 5.92 Å². The van der Waals surface area contributed by atoms with Crippen LogP contribution in [0.15, 0.2) is 24.3 Å². The third-order valence-corrected chi connectivity index (χ3v) is 3.81. The summed E-state index contributed by atoms with van der Waals surface area (Å²) in [6, 6.07) is 7.41. The Bertz CT molecular complexity index is 421. The lowest BCUT2D eigenvalue weighted by molar-refractivity contribution is 0.101. The van der Waals surface area contributed by atoms with E-state index >= 15 is 0 Å². The van der Waals surface area contributed by atoms with Crippen molar-refractivity contribution in [3.8, 4) is 5.75 Å². The van der Waals surface area contributed by atoms with Crippen molar-refractivity contribution in [3.63, 3.8) is 0 Å². The van der Waals surface area contributed by atoms with Crippen LogP contribution in [0.3, 0.4) is 0 Å². The summed E-state index contributed by atoms with van der Waals surface area (Å²) in [6.07, 6.45) is 4.05. The Hall–Kier alpha value is -1.35. The van der Waals surface area contributed by atoms with Crippen LogP contribution in [0.5, 0.6) is 5.75 Å². The third-order valence-electron chi connectivity index (χ3n) is 3.81. The summed E-state index contributed by atoms with van der Waals surface area (Å²) in [6.45, 7) is 8.13. The number of Topliss-reactive ketones (excluding diaryl/α,β-unsaturated/α-hetero) is 1. The van der Waals surface area contributed by atoms with E-state index in [1.165, 1.54) is 32.4 Å². The predicted octanol–water partition coefficient (Wildman–Crippen LogP) is 3.39. The maximum Gasteiger partial charge on any atom is 0.159 e. The molecule has 1 saturated heterocycles. The van der Waals surface area contributed by atoms with Crippen LogP contribution >= 0.6 is 0 Å². The number of hydrogen-bond acceptors (Lipinski definition) is 3.